The van der Waals surface area contributed by atoms with Crippen molar-refractivity contribution < 1.29 is 51.0 Å². The van der Waals surface area contributed by atoms with Gasteiger partial charge < -0.3 is 24.8 Å². The zero-order valence-corrected chi connectivity index (χ0v) is 33.3. The van der Waals surface area contributed by atoms with E-state index in [9.17, 15) is 0 Å². The third-order valence-electron chi connectivity index (χ3n) is 7.95. The fourth-order valence-corrected chi connectivity index (χ4v) is 6.16. The number of aryl methyl sites for hydroxylation is 2. The van der Waals surface area contributed by atoms with Gasteiger partial charge in [-0.05, 0) is 32.7 Å². The Morgan fingerprint density at radius 1 is 0.458 bits per heavy atom. The van der Waals surface area contributed by atoms with E-state index in [0.29, 0.717) is 0 Å². The molecule has 8 aromatic carbocycles. The van der Waals surface area contributed by atoms with E-state index in [4.69, 9.17) is 0 Å². The first-order valence-corrected chi connectivity index (χ1v) is 16.7. The molecule has 0 fully saturated rings. The van der Waals surface area contributed by atoms with Crippen LogP contribution in [0.25, 0.3) is 65.3 Å². The molecule has 0 aliphatic carbocycles. The van der Waals surface area contributed by atoms with Crippen LogP contribution in [0.5, 0.6) is 0 Å². The molecule has 0 bridgehead atoms. The van der Waals surface area contributed by atoms with Gasteiger partial charge in [-0.15, -0.1) is 69.1 Å². The van der Waals surface area contributed by atoms with Crippen LogP contribution < -0.4 is 24.8 Å². The molecule has 239 valence electrons. The van der Waals surface area contributed by atoms with Crippen LogP contribution in [0.3, 0.4) is 0 Å². The first-order chi connectivity index (χ1) is 22.1. The molecule has 8 rings (SSSR count). The van der Waals surface area contributed by atoms with Gasteiger partial charge in [0.05, 0.1) is 0 Å². The molecule has 0 nitrogen and oxygen atoms in total. The molecule has 0 aromatic heterocycles. The quantitative estimate of drug-likeness (QED) is 0.132. The maximum Gasteiger partial charge on any atom is 4.00 e. The molecule has 0 N–H and O–H groups in total. The van der Waals surface area contributed by atoms with E-state index >= 15 is 0 Å². The fourth-order valence-electron chi connectivity index (χ4n) is 6.16. The Morgan fingerprint density at radius 3 is 1.12 bits per heavy atom. The predicted molar refractivity (Wildman–Crippen MR) is 202 cm³/mol. The van der Waals surface area contributed by atoms with Gasteiger partial charge in [-0.3, -0.25) is 0 Å². The van der Waals surface area contributed by atoms with Crippen molar-refractivity contribution in [2.75, 3.05) is 0 Å². The maximum atomic E-state index is 3.18. The van der Waals surface area contributed by atoms with E-state index in [1.54, 1.807) is 0 Å². The molecule has 48 heavy (non-hydrogen) atoms. The monoisotopic (exact) mass is 757 g/mol. The molecule has 8 aromatic rings. The van der Waals surface area contributed by atoms with Crippen LogP contribution in [0.1, 0.15) is 31.9 Å². The molecular weight excluding hydrogens is 719 g/mol. The van der Waals surface area contributed by atoms with Gasteiger partial charge in [-0.25, -0.2) is 0 Å². The Labute approximate surface area is 321 Å². The van der Waals surface area contributed by atoms with Crippen LogP contribution in [0, 0.1) is 13.8 Å². The largest absolute Gasteiger partial charge is 4.00 e. The van der Waals surface area contributed by atoms with Crippen molar-refractivity contribution in [1.29, 1.82) is 0 Å². The van der Waals surface area contributed by atoms with Crippen LogP contribution >= 0.6 is 0 Å². The second kappa shape index (κ2) is 19.7. The zero-order valence-electron chi connectivity index (χ0n) is 28.3. The molecule has 0 aliphatic heterocycles. The van der Waals surface area contributed by atoms with E-state index in [0.717, 1.165) is 6.04 Å². The normalized spacial score (nSPS) is 9.88. The molecule has 0 aliphatic rings. The third kappa shape index (κ3) is 9.04. The van der Waals surface area contributed by atoms with E-state index in [2.05, 4.69) is 170 Å². The van der Waals surface area contributed by atoms with Crippen molar-refractivity contribution in [1.82, 2.24) is 0 Å². The predicted octanol–water partition coefficient (Wildman–Crippen LogP) is 7.00. The van der Waals surface area contributed by atoms with Gasteiger partial charge in [-0.2, -0.15) is 12.1 Å². The topological polar surface area (TPSA) is 0 Å². The van der Waals surface area contributed by atoms with E-state index < -0.39 is 0 Å². The number of rotatable bonds is 2. The Balaban J connectivity index is 0.000000279. The minimum atomic E-state index is 0. The van der Waals surface area contributed by atoms with Crippen molar-refractivity contribution in [3.05, 3.63) is 157 Å². The second-order valence-corrected chi connectivity index (χ2v) is 11.8. The first-order valence-electron chi connectivity index (χ1n) is 16.0. The average Bonchev–Trinajstić information content (AvgIpc) is 3.66. The van der Waals surface area contributed by atoms with Gasteiger partial charge in [0, 0.05) is 10.2 Å². The molecular formula is C44H41Cl2SiZr. The second-order valence-electron chi connectivity index (χ2n) is 11.1. The Bertz CT molecular complexity index is 2010. The summed E-state index contributed by atoms with van der Waals surface area (Å²) >= 11 is 0. The number of halogens is 2. The van der Waals surface area contributed by atoms with Crippen LogP contribution in [-0.4, -0.2) is 10.2 Å². The summed E-state index contributed by atoms with van der Waals surface area (Å²) in [6.45, 7) is 10.4. The third-order valence-corrected chi connectivity index (χ3v) is 7.95. The summed E-state index contributed by atoms with van der Waals surface area (Å²) in [4.78, 5) is 0. The molecule has 0 atom stereocenters. The van der Waals surface area contributed by atoms with E-state index in [-0.39, 0.29) is 51.0 Å². The summed E-state index contributed by atoms with van der Waals surface area (Å²) in [6.07, 6.45) is 0. The van der Waals surface area contributed by atoms with Gasteiger partial charge in [0.1, 0.15) is 0 Å². The van der Waals surface area contributed by atoms with Gasteiger partial charge in [-0.1, -0.05) is 149 Å². The molecule has 0 unspecified atom stereocenters. The van der Waals surface area contributed by atoms with Gasteiger partial charge in [0.15, 0.2) is 0 Å². The number of benzene rings is 6. The summed E-state index contributed by atoms with van der Waals surface area (Å²) in [5, 5.41) is 10.6. The van der Waals surface area contributed by atoms with Crippen molar-refractivity contribution in [3.63, 3.8) is 0 Å². The van der Waals surface area contributed by atoms with Crippen molar-refractivity contribution in [3.8, 4) is 22.3 Å². The number of hydrogen-bond donors (Lipinski definition) is 0. The van der Waals surface area contributed by atoms with Gasteiger partial charge in [0.2, 0.25) is 0 Å². The Kier molecular flexibility index (Phi) is 16.8. The Morgan fingerprint density at radius 2 is 0.750 bits per heavy atom. The molecule has 3 radical (unpaired) electrons. The summed E-state index contributed by atoms with van der Waals surface area (Å²) < 4.78 is 0. The minimum Gasteiger partial charge on any atom is -1.00 e. The molecule has 0 saturated heterocycles. The fraction of sp³-hybridized carbons (Fsp3) is 0.136. The van der Waals surface area contributed by atoms with Crippen LogP contribution in [0.15, 0.2) is 146 Å². The summed E-state index contributed by atoms with van der Waals surface area (Å²) in [6, 6.07) is 53.5. The molecule has 4 heteroatoms. The number of fused-ring (bicyclic) bond motifs is 4. The first kappa shape index (κ1) is 40.9. The minimum absolute atomic E-state index is 0. The van der Waals surface area contributed by atoms with Crippen LogP contribution in [-0.2, 0) is 26.2 Å². The summed E-state index contributed by atoms with van der Waals surface area (Å²) in [5.41, 5.74) is 7.94. The SMILES string of the molecule is CC.CC[Si].Cc1cc2c(-c3cccc4ccccc34)cccc2[cH-]1.Cc1cc2c(-c3cccc4ccccc34)cccc2[cH-]1.[Cl-].[Cl-].[Zr+4]. The van der Waals surface area contributed by atoms with Crippen LogP contribution in [0.4, 0.5) is 0 Å². The van der Waals surface area contributed by atoms with Gasteiger partial charge >= 0.3 is 26.2 Å². The molecule has 0 saturated carbocycles. The smallest absolute Gasteiger partial charge is 1.00 e. The van der Waals surface area contributed by atoms with Crippen molar-refractivity contribution in [2.24, 2.45) is 0 Å². The Hall–Kier alpha value is -3.26. The molecule has 0 spiro atoms. The average molecular weight is 760 g/mol. The van der Waals surface area contributed by atoms with Crippen molar-refractivity contribution >= 4 is 53.3 Å². The van der Waals surface area contributed by atoms with Crippen molar-refractivity contribution in [2.45, 2.75) is 40.7 Å². The van der Waals surface area contributed by atoms with E-state index in [1.165, 1.54) is 76.5 Å². The maximum absolute atomic E-state index is 3.18. The molecule has 0 heterocycles. The van der Waals surface area contributed by atoms with Gasteiger partial charge in [0.25, 0.3) is 0 Å². The van der Waals surface area contributed by atoms with Crippen LogP contribution in [0.2, 0.25) is 6.04 Å². The summed E-state index contributed by atoms with van der Waals surface area (Å²) in [7, 11) is 3.18. The van der Waals surface area contributed by atoms with E-state index in [1.807, 2.05) is 20.8 Å². The number of hydrogen-bond acceptors (Lipinski definition) is 0. The summed E-state index contributed by atoms with van der Waals surface area (Å²) in [5.74, 6) is 0. The zero-order chi connectivity index (χ0) is 31.8. The standard InChI is InChI=1S/2C20H15.C2H5Si.C2H6.2ClH.Zr/c2*1-14-12-16-8-5-11-19(20(16)13-14)18-10-4-7-15-6-2-3-9-17(15)18;1-2-3;1-2;;;/h2*2-13H,1H3;2H2,1H3;1-2H3;2*1H;/q2*-1;;;;;+4/p-2. The molecule has 0 amide bonds.